The zero-order valence-corrected chi connectivity index (χ0v) is 10.3. The maximum atomic E-state index is 5.62. The second kappa shape index (κ2) is 6.21. The highest BCUT2D eigenvalue weighted by atomic mass is 16.5. The molecule has 0 spiro atoms. The highest BCUT2D eigenvalue weighted by molar-refractivity contribution is 5.48. The van der Waals surface area contributed by atoms with E-state index in [2.05, 4.69) is 13.5 Å². The molecule has 2 nitrogen and oxygen atoms in total. The topological polar surface area (TPSA) is 18.5 Å². The molecule has 1 unspecified atom stereocenters. The van der Waals surface area contributed by atoms with Crippen molar-refractivity contribution in [1.82, 2.24) is 0 Å². The molecule has 1 rings (SSSR count). The van der Waals surface area contributed by atoms with Crippen LogP contribution in [0.15, 0.2) is 30.9 Å². The molecule has 0 aliphatic heterocycles. The average molecular weight is 220 g/mol. The Bertz CT molecular complexity index is 320. The Kier molecular flexibility index (Phi) is 4.90. The molecule has 0 saturated heterocycles. The van der Waals surface area contributed by atoms with Gasteiger partial charge in [-0.15, -0.1) is 6.58 Å². The minimum absolute atomic E-state index is 0.226. The summed E-state index contributed by atoms with van der Waals surface area (Å²) in [7, 11) is 0. The van der Waals surface area contributed by atoms with Gasteiger partial charge in [0, 0.05) is 11.5 Å². The van der Waals surface area contributed by atoms with Crippen molar-refractivity contribution in [3.05, 3.63) is 36.4 Å². The second-order valence-corrected chi connectivity index (χ2v) is 3.56. The Balaban J connectivity index is 3.16. The lowest BCUT2D eigenvalue weighted by Crippen LogP contribution is -2.03. The molecule has 1 aromatic carbocycles. The summed E-state index contributed by atoms with van der Waals surface area (Å²) in [6.07, 6.45) is 1.90. The van der Waals surface area contributed by atoms with Crippen LogP contribution in [0, 0.1) is 0 Å². The van der Waals surface area contributed by atoms with Gasteiger partial charge in [-0.2, -0.15) is 0 Å². The lowest BCUT2D eigenvalue weighted by Gasteiger charge is -2.17. The molecule has 0 radical (unpaired) electrons. The van der Waals surface area contributed by atoms with Crippen LogP contribution in [0.2, 0.25) is 0 Å². The van der Waals surface area contributed by atoms with Gasteiger partial charge in [-0.05, 0) is 26.0 Å². The van der Waals surface area contributed by atoms with E-state index in [1.54, 1.807) is 0 Å². The van der Waals surface area contributed by atoms with Gasteiger partial charge < -0.3 is 9.47 Å². The molecule has 0 fully saturated rings. The standard InChI is InChI=1S/C14H20O2/c1-5-11(4)14-12(15-6-2)9-8-10-13(14)16-7-3/h5,8-11H,1,6-7H2,2-4H3. The summed E-state index contributed by atoms with van der Waals surface area (Å²) in [5, 5.41) is 0. The molecule has 0 amide bonds. The molecule has 2 heteroatoms. The van der Waals surface area contributed by atoms with E-state index < -0.39 is 0 Å². The van der Waals surface area contributed by atoms with Gasteiger partial charge in [0.25, 0.3) is 0 Å². The quantitative estimate of drug-likeness (QED) is 0.679. The molecule has 0 bridgehead atoms. The van der Waals surface area contributed by atoms with Gasteiger partial charge >= 0.3 is 0 Å². The Morgan fingerprint density at radius 1 is 1.19 bits per heavy atom. The van der Waals surface area contributed by atoms with Crippen molar-refractivity contribution in [3.8, 4) is 11.5 Å². The summed E-state index contributed by atoms with van der Waals surface area (Å²) in [6, 6.07) is 5.90. The van der Waals surface area contributed by atoms with Gasteiger partial charge in [-0.3, -0.25) is 0 Å². The van der Waals surface area contributed by atoms with E-state index in [4.69, 9.17) is 9.47 Å². The monoisotopic (exact) mass is 220 g/mol. The maximum Gasteiger partial charge on any atom is 0.126 e. The highest BCUT2D eigenvalue weighted by Crippen LogP contribution is 2.35. The molecule has 0 aliphatic rings. The van der Waals surface area contributed by atoms with E-state index in [-0.39, 0.29) is 5.92 Å². The van der Waals surface area contributed by atoms with Gasteiger partial charge in [0.2, 0.25) is 0 Å². The molecule has 0 saturated carbocycles. The van der Waals surface area contributed by atoms with Gasteiger partial charge in [0.15, 0.2) is 0 Å². The predicted octanol–water partition coefficient (Wildman–Crippen LogP) is 3.77. The van der Waals surface area contributed by atoms with Crippen molar-refractivity contribution >= 4 is 0 Å². The first-order valence-electron chi connectivity index (χ1n) is 5.75. The van der Waals surface area contributed by atoms with Crippen LogP contribution in [0.1, 0.15) is 32.3 Å². The van der Waals surface area contributed by atoms with E-state index in [0.29, 0.717) is 13.2 Å². The first-order chi connectivity index (χ1) is 7.74. The fourth-order valence-corrected chi connectivity index (χ4v) is 1.65. The van der Waals surface area contributed by atoms with Gasteiger partial charge in [0.05, 0.1) is 13.2 Å². The van der Waals surface area contributed by atoms with E-state index in [1.165, 1.54) is 0 Å². The van der Waals surface area contributed by atoms with E-state index >= 15 is 0 Å². The normalized spacial score (nSPS) is 11.9. The third kappa shape index (κ3) is 2.78. The zero-order chi connectivity index (χ0) is 12.0. The van der Waals surface area contributed by atoms with Gasteiger partial charge in [-0.1, -0.05) is 19.1 Å². The van der Waals surface area contributed by atoms with E-state index in [9.17, 15) is 0 Å². The Morgan fingerprint density at radius 3 is 2.06 bits per heavy atom. The fourth-order valence-electron chi connectivity index (χ4n) is 1.65. The highest BCUT2D eigenvalue weighted by Gasteiger charge is 2.14. The number of hydrogen-bond donors (Lipinski definition) is 0. The van der Waals surface area contributed by atoms with Crippen LogP contribution >= 0.6 is 0 Å². The summed E-state index contributed by atoms with van der Waals surface area (Å²) < 4.78 is 11.2. The van der Waals surface area contributed by atoms with Crippen LogP contribution in [0.3, 0.4) is 0 Å². The fraction of sp³-hybridized carbons (Fsp3) is 0.429. The van der Waals surface area contributed by atoms with Crippen molar-refractivity contribution in [2.24, 2.45) is 0 Å². The summed E-state index contributed by atoms with van der Waals surface area (Å²) in [6.45, 7) is 11.2. The van der Waals surface area contributed by atoms with E-state index in [0.717, 1.165) is 17.1 Å². The first-order valence-corrected chi connectivity index (χ1v) is 5.75. The van der Waals surface area contributed by atoms with Crippen LogP contribution in [0.5, 0.6) is 11.5 Å². The SMILES string of the molecule is C=CC(C)c1c(OCC)cccc1OCC. The largest absolute Gasteiger partial charge is 0.493 e. The molecule has 1 aromatic rings. The molecule has 0 N–H and O–H groups in total. The minimum atomic E-state index is 0.226. The van der Waals surface area contributed by atoms with Crippen molar-refractivity contribution in [3.63, 3.8) is 0 Å². The Hall–Kier alpha value is -1.44. The molecule has 88 valence electrons. The third-order valence-corrected chi connectivity index (χ3v) is 2.43. The summed E-state index contributed by atoms with van der Waals surface area (Å²) in [5.41, 5.74) is 1.08. The van der Waals surface area contributed by atoms with Crippen LogP contribution in [-0.2, 0) is 0 Å². The number of ether oxygens (including phenoxy) is 2. The minimum Gasteiger partial charge on any atom is -0.493 e. The zero-order valence-electron chi connectivity index (χ0n) is 10.3. The number of rotatable bonds is 6. The van der Waals surface area contributed by atoms with E-state index in [1.807, 2.05) is 38.1 Å². The van der Waals surface area contributed by atoms with Crippen LogP contribution in [0.25, 0.3) is 0 Å². The molecule has 0 heterocycles. The lowest BCUT2D eigenvalue weighted by atomic mass is 9.99. The van der Waals surface area contributed by atoms with Gasteiger partial charge in [-0.25, -0.2) is 0 Å². The first kappa shape index (κ1) is 12.6. The molecule has 0 aromatic heterocycles. The maximum absolute atomic E-state index is 5.62. The van der Waals surface area contributed by atoms with Crippen molar-refractivity contribution < 1.29 is 9.47 Å². The van der Waals surface area contributed by atoms with Crippen LogP contribution < -0.4 is 9.47 Å². The van der Waals surface area contributed by atoms with Crippen LogP contribution in [0.4, 0.5) is 0 Å². The summed E-state index contributed by atoms with van der Waals surface area (Å²) in [4.78, 5) is 0. The summed E-state index contributed by atoms with van der Waals surface area (Å²) in [5.74, 6) is 2.01. The Labute approximate surface area is 97.9 Å². The summed E-state index contributed by atoms with van der Waals surface area (Å²) >= 11 is 0. The molecule has 0 aliphatic carbocycles. The molecule has 1 atom stereocenters. The van der Waals surface area contributed by atoms with Crippen molar-refractivity contribution in [2.45, 2.75) is 26.7 Å². The third-order valence-electron chi connectivity index (χ3n) is 2.43. The smallest absolute Gasteiger partial charge is 0.126 e. The second-order valence-electron chi connectivity index (χ2n) is 3.56. The molecular formula is C14H20O2. The average Bonchev–Trinajstić information content (AvgIpc) is 2.29. The molecular weight excluding hydrogens is 200 g/mol. The van der Waals surface area contributed by atoms with Gasteiger partial charge in [0.1, 0.15) is 11.5 Å². The van der Waals surface area contributed by atoms with Crippen molar-refractivity contribution in [1.29, 1.82) is 0 Å². The van der Waals surface area contributed by atoms with Crippen LogP contribution in [-0.4, -0.2) is 13.2 Å². The number of benzene rings is 1. The predicted molar refractivity (Wildman–Crippen MR) is 67.4 cm³/mol. The Morgan fingerprint density at radius 2 is 1.69 bits per heavy atom. The lowest BCUT2D eigenvalue weighted by molar-refractivity contribution is 0.315. The number of allylic oxidation sites excluding steroid dienone is 1. The molecule has 16 heavy (non-hydrogen) atoms. The number of hydrogen-bond acceptors (Lipinski definition) is 2. The van der Waals surface area contributed by atoms with Crippen molar-refractivity contribution in [2.75, 3.05) is 13.2 Å².